The minimum atomic E-state index is 0.0387. The first-order valence-corrected chi connectivity index (χ1v) is 5.50. The first kappa shape index (κ1) is 10.4. The van der Waals surface area contributed by atoms with E-state index in [9.17, 15) is 4.79 Å². The van der Waals surface area contributed by atoms with Crippen molar-refractivity contribution < 1.29 is 4.79 Å². The highest BCUT2D eigenvalue weighted by Gasteiger charge is 2.28. The maximum atomic E-state index is 11.9. The van der Waals surface area contributed by atoms with Crippen LogP contribution in [0.1, 0.15) is 5.69 Å². The lowest BCUT2D eigenvalue weighted by Gasteiger charge is -2.37. The zero-order chi connectivity index (χ0) is 11.0. The summed E-state index contributed by atoms with van der Waals surface area (Å²) in [6, 6.07) is 1.98. The van der Waals surface area contributed by atoms with Crippen LogP contribution >= 0.6 is 11.5 Å². The number of carbonyl (C=O) groups is 1. The lowest BCUT2D eigenvalue weighted by molar-refractivity contribution is 0.149. The standard InChI is InChI=1S/C9H14N4OS/c1-7-4-8(15-10-7)13-6-11(2)5-12(3)9(13)14/h4H,5-6H2,1-3H3. The Hall–Kier alpha value is -1.14. The van der Waals surface area contributed by atoms with Crippen LogP contribution in [-0.4, -0.2) is 47.6 Å². The molecule has 1 aliphatic rings. The van der Waals surface area contributed by atoms with Gasteiger partial charge in [0.1, 0.15) is 5.00 Å². The first-order valence-electron chi connectivity index (χ1n) is 4.72. The summed E-state index contributed by atoms with van der Waals surface area (Å²) in [6.45, 7) is 3.24. The van der Waals surface area contributed by atoms with E-state index < -0.39 is 0 Å². The van der Waals surface area contributed by atoms with Crippen molar-refractivity contribution in [1.29, 1.82) is 0 Å². The zero-order valence-electron chi connectivity index (χ0n) is 9.10. The number of aromatic nitrogens is 1. The molecule has 0 aromatic carbocycles. The van der Waals surface area contributed by atoms with Crippen molar-refractivity contribution in [3.05, 3.63) is 11.8 Å². The molecule has 0 atom stereocenters. The van der Waals surface area contributed by atoms with E-state index in [-0.39, 0.29) is 6.03 Å². The Kier molecular flexibility index (Phi) is 2.62. The fourth-order valence-corrected chi connectivity index (χ4v) is 2.36. The number of carbonyl (C=O) groups excluding carboxylic acids is 1. The van der Waals surface area contributed by atoms with Crippen molar-refractivity contribution in [1.82, 2.24) is 14.2 Å². The molecule has 0 radical (unpaired) electrons. The Morgan fingerprint density at radius 1 is 1.40 bits per heavy atom. The summed E-state index contributed by atoms with van der Waals surface area (Å²) in [7, 11) is 3.79. The second-order valence-corrected chi connectivity index (χ2v) is 4.64. The lowest BCUT2D eigenvalue weighted by atomic mass is 10.4. The van der Waals surface area contributed by atoms with Crippen LogP contribution in [0.3, 0.4) is 0 Å². The third-order valence-electron chi connectivity index (χ3n) is 2.28. The van der Waals surface area contributed by atoms with Crippen molar-refractivity contribution in [2.45, 2.75) is 6.92 Å². The van der Waals surface area contributed by atoms with E-state index in [2.05, 4.69) is 9.27 Å². The highest BCUT2D eigenvalue weighted by molar-refractivity contribution is 7.10. The van der Waals surface area contributed by atoms with Gasteiger partial charge in [0, 0.05) is 7.05 Å². The van der Waals surface area contributed by atoms with Crippen molar-refractivity contribution in [3.8, 4) is 0 Å². The Labute approximate surface area is 93.1 Å². The molecular formula is C9H14N4OS. The molecule has 0 N–H and O–H groups in total. The van der Waals surface area contributed by atoms with Crippen LogP contribution in [0.2, 0.25) is 0 Å². The Morgan fingerprint density at radius 2 is 2.13 bits per heavy atom. The number of hydrogen-bond acceptors (Lipinski definition) is 4. The van der Waals surface area contributed by atoms with E-state index in [0.717, 1.165) is 10.7 Å². The second kappa shape index (κ2) is 3.79. The summed E-state index contributed by atoms with van der Waals surface area (Å²) in [5, 5.41) is 0.913. The predicted molar refractivity (Wildman–Crippen MR) is 60.0 cm³/mol. The summed E-state index contributed by atoms with van der Waals surface area (Å²) < 4.78 is 4.19. The summed E-state index contributed by atoms with van der Waals surface area (Å²) in [4.78, 5) is 17.4. The maximum Gasteiger partial charge on any atom is 0.327 e. The molecule has 5 nitrogen and oxygen atoms in total. The molecule has 0 bridgehead atoms. The average Bonchev–Trinajstić information content (AvgIpc) is 2.58. The van der Waals surface area contributed by atoms with Crippen LogP contribution in [0.15, 0.2) is 6.07 Å². The quantitative estimate of drug-likeness (QED) is 0.721. The predicted octanol–water partition coefficient (Wildman–Crippen LogP) is 1.17. The normalized spacial score (nSPS) is 18.7. The Bertz CT molecular complexity index is 378. The molecule has 0 saturated carbocycles. The molecule has 1 saturated heterocycles. The first-order chi connectivity index (χ1) is 7.08. The number of nitrogens with zero attached hydrogens (tertiary/aromatic N) is 4. The SMILES string of the molecule is Cc1cc(N2CN(C)CN(C)C2=O)sn1. The highest BCUT2D eigenvalue weighted by Crippen LogP contribution is 2.24. The van der Waals surface area contributed by atoms with Crippen molar-refractivity contribution in [3.63, 3.8) is 0 Å². The van der Waals surface area contributed by atoms with Gasteiger partial charge in [-0.1, -0.05) is 0 Å². The Balaban J connectivity index is 2.24. The van der Waals surface area contributed by atoms with Crippen molar-refractivity contribution in [2.24, 2.45) is 0 Å². The summed E-state index contributed by atoms with van der Waals surface area (Å²) >= 11 is 1.37. The summed E-state index contributed by atoms with van der Waals surface area (Å²) in [6.07, 6.45) is 0. The third kappa shape index (κ3) is 1.95. The number of amides is 2. The molecule has 1 aromatic rings. The van der Waals surface area contributed by atoms with Gasteiger partial charge in [-0.05, 0) is 31.6 Å². The van der Waals surface area contributed by atoms with Crippen LogP contribution < -0.4 is 4.90 Å². The van der Waals surface area contributed by atoms with E-state index in [0.29, 0.717) is 13.3 Å². The molecule has 0 aliphatic carbocycles. The van der Waals surface area contributed by atoms with Crippen LogP contribution in [0.25, 0.3) is 0 Å². The average molecular weight is 226 g/mol. The van der Waals surface area contributed by atoms with Gasteiger partial charge in [0.15, 0.2) is 0 Å². The zero-order valence-corrected chi connectivity index (χ0v) is 9.91. The maximum absolute atomic E-state index is 11.9. The lowest BCUT2D eigenvalue weighted by Crippen LogP contribution is -2.55. The fourth-order valence-electron chi connectivity index (χ4n) is 1.62. The van der Waals surface area contributed by atoms with E-state index in [4.69, 9.17) is 0 Å². The monoisotopic (exact) mass is 226 g/mol. The van der Waals surface area contributed by atoms with Gasteiger partial charge in [-0.15, -0.1) is 0 Å². The molecule has 6 heteroatoms. The van der Waals surface area contributed by atoms with Crippen LogP contribution in [0, 0.1) is 6.92 Å². The summed E-state index contributed by atoms with van der Waals surface area (Å²) in [5.74, 6) is 0. The number of urea groups is 1. The van der Waals surface area contributed by atoms with Gasteiger partial charge in [0.25, 0.3) is 0 Å². The van der Waals surface area contributed by atoms with E-state index in [1.165, 1.54) is 11.5 Å². The molecule has 2 heterocycles. The topological polar surface area (TPSA) is 39.7 Å². The van der Waals surface area contributed by atoms with Crippen molar-refractivity contribution in [2.75, 3.05) is 32.3 Å². The van der Waals surface area contributed by atoms with Gasteiger partial charge in [-0.3, -0.25) is 9.80 Å². The number of aryl methyl sites for hydroxylation is 1. The van der Waals surface area contributed by atoms with E-state index >= 15 is 0 Å². The molecule has 82 valence electrons. The molecule has 1 aromatic heterocycles. The number of rotatable bonds is 1. The molecule has 2 rings (SSSR count). The van der Waals surface area contributed by atoms with Gasteiger partial charge >= 0.3 is 6.03 Å². The van der Waals surface area contributed by atoms with Crippen LogP contribution in [0.4, 0.5) is 9.80 Å². The fraction of sp³-hybridized carbons (Fsp3) is 0.556. The minimum absolute atomic E-state index is 0.0387. The molecule has 1 fully saturated rings. The van der Waals surface area contributed by atoms with Crippen molar-refractivity contribution >= 4 is 22.6 Å². The molecule has 15 heavy (non-hydrogen) atoms. The minimum Gasteiger partial charge on any atom is -0.314 e. The highest BCUT2D eigenvalue weighted by atomic mass is 32.1. The molecule has 0 spiro atoms. The summed E-state index contributed by atoms with van der Waals surface area (Å²) in [5.41, 5.74) is 0.957. The van der Waals surface area contributed by atoms with Gasteiger partial charge in [0.2, 0.25) is 0 Å². The van der Waals surface area contributed by atoms with Gasteiger partial charge < -0.3 is 4.90 Å². The van der Waals surface area contributed by atoms with Gasteiger partial charge in [-0.2, -0.15) is 4.37 Å². The van der Waals surface area contributed by atoms with Crippen LogP contribution in [-0.2, 0) is 0 Å². The molecule has 2 amide bonds. The smallest absolute Gasteiger partial charge is 0.314 e. The van der Waals surface area contributed by atoms with E-state index in [1.54, 1.807) is 16.8 Å². The molecule has 0 unspecified atom stereocenters. The third-order valence-corrected chi connectivity index (χ3v) is 3.18. The van der Waals surface area contributed by atoms with E-state index in [1.807, 2.05) is 20.0 Å². The largest absolute Gasteiger partial charge is 0.327 e. The van der Waals surface area contributed by atoms with Gasteiger partial charge in [-0.25, -0.2) is 4.79 Å². The van der Waals surface area contributed by atoms with Crippen LogP contribution in [0.5, 0.6) is 0 Å². The second-order valence-electron chi connectivity index (χ2n) is 3.85. The molecular weight excluding hydrogens is 212 g/mol. The molecule has 1 aliphatic heterocycles. The Morgan fingerprint density at radius 3 is 2.73 bits per heavy atom. The number of anilines is 1. The number of hydrogen-bond donors (Lipinski definition) is 0. The van der Waals surface area contributed by atoms with Gasteiger partial charge in [0.05, 0.1) is 19.0 Å².